The molecule has 0 aliphatic carbocycles. The predicted octanol–water partition coefficient (Wildman–Crippen LogP) is 4.87. The van der Waals surface area contributed by atoms with Gasteiger partial charge in [-0.1, -0.05) is 73.7 Å². The van der Waals surface area contributed by atoms with Crippen molar-refractivity contribution in [3.63, 3.8) is 0 Å². The molecule has 2 unspecified atom stereocenters. The Morgan fingerprint density at radius 2 is 1.60 bits per heavy atom. The van der Waals surface area contributed by atoms with Crippen molar-refractivity contribution < 1.29 is 4.79 Å². The zero-order valence-electron chi connectivity index (χ0n) is 11.8. The van der Waals surface area contributed by atoms with Gasteiger partial charge in [-0.05, 0) is 17.4 Å². The zero-order valence-corrected chi connectivity index (χ0v) is 11.8. The van der Waals surface area contributed by atoms with Gasteiger partial charge in [0.2, 0.25) is 0 Å². The number of benzene rings is 2. The van der Waals surface area contributed by atoms with Crippen LogP contribution in [0.5, 0.6) is 0 Å². The summed E-state index contributed by atoms with van der Waals surface area (Å²) in [5.74, 6) is 0.639. The van der Waals surface area contributed by atoms with E-state index in [0.717, 1.165) is 5.56 Å². The van der Waals surface area contributed by atoms with Gasteiger partial charge in [0.1, 0.15) is 0 Å². The fraction of sp³-hybridized carbons (Fsp3) is 0.211. The van der Waals surface area contributed by atoms with Crippen LogP contribution in [0.25, 0.3) is 0 Å². The van der Waals surface area contributed by atoms with Crippen molar-refractivity contribution in [1.82, 2.24) is 0 Å². The molecule has 0 saturated carbocycles. The lowest BCUT2D eigenvalue weighted by molar-refractivity contribution is 0.0968. The summed E-state index contributed by atoms with van der Waals surface area (Å²) in [6, 6.07) is 19.7. The number of hydrogen-bond acceptors (Lipinski definition) is 1. The molecule has 2 rings (SSSR count). The minimum Gasteiger partial charge on any atom is -0.294 e. The molecule has 0 N–H and O–H groups in total. The van der Waals surface area contributed by atoms with Gasteiger partial charge < -0.3 is 0 Å². The summed E-state index contributed by atoms with van der Waals surface area (Å²) in [6.45, 7) is 5.99. The molecular formula is C19H20O. The summed E-state index contributed by atoms with van der Waals surface area (Å²) in [5, 5.41) is 0. The van der Waals surface area contributed by atoms with Gasteiger partial charge in [-0.3, -0.25) is 4.79 Å². The smallest absolute Gasteiger partial charge is 0.163 e. The molecule has 0 heterocycles. The minimum atomic E-state index is 0.182. The van der Waals surface area contributed by atoms with Gasteiger partial charge in [-0.2, -0.15) is 0 Å². The molecule has 20 heavy (non-hydrogen) atoms. The van der Waals surface area contributed by atoms with E-state index in [2.05, 4.69) is 25.6 Å². The Kier molecular flexibility index (Phi) is 4.89. The highest BCUT2D eigenvalue weighted by Gasteiger charge is 2.21. The average molecular weight is 264 g/mol. The normalized spacial score (nSPS) is 13.4. The van der Waals surface area contributed by atoms with E-state index in [0.29, 0.717) is 6.42 Å². The van der Waals surface area contributed by atoms with E-state index in [4.69, 9.17) is 0 Å². The van der Waals surface area contributed by atoms with Crippen molar-refractivity contribution >= 4 is 5.78 Å². The standard InChI is InChI=1S/C19H20O/c1-3-15(2)18(16-10-6-4-7-11-16)14-19(20)17-12-8-5-9-13-17/h3-13,15,18H,1,14H2,2H3. The van der Waals surface area contributed by atoms with Crippen molar-refractivity contribution in [2.45, 2.75) is 19.3 Å². The van der Waals surface area contributed by atoms with Gasteiger partial charge in [-0.15, -0.1) is 6.58 Å². The Morgan fingerprint density at radius 3 is 2.15 bits per heavy atom. The molecule has 2 aromatic rings. The van der Waals surface area contributed by atoms with Crippen LogP contribution in [0.1, 0.15) is 35.2 Å². The summed E-state index contributed by atoms with van der Waals surface area (Å²) >= 11 is 0. The fourth-order valence-corrected chi connectivity index (χ4v) is 2.41. The van der Waals surface area contributed by atoms with Gasteiger partial charge >= 0.3 is 0 Å². The number of rotatable bonds is 6. The summed E-state index contributed by atoms with van der Waals surface area (Å²) in [5.41, 5.74) is 1.98. The van der Waals surface area contributed by atoms with Crippen LogP contribution in [0, 0.1) is 5.92 Å². The van der Waals surface area contributed by atoms with Crippen molar-refractivity contribution in [2.75, 3.05) is 0 Å². The lowest BCUT2D eigenvalue weighted by Gasteiger charge is -2.21. The van der Waals surface area contributed by atoms with Gasteiger partial charge in [0.25, 0.3) is 0 Å². The Bertz CT molecular complexity index is 557. The monoisotopic (exact) mass is 264 g/mol. The Morgan fingerprint density at radius 1 is 1.05 bits per heavy atom. The first kappa shape index (κ1) is 14.3. The van der Waals surface area contributed by atoms with E-state index < -0.39 is 0 Å². The molecule has 2 aromatic carbocycles. The van der Waals surface area contributed by atoms with E-state index in [-0.39, 0.29) is 17.6 Å². The molecule has 2 atom stereocenters. The highest BCUT2D eigenvalue weighted by atomic mass is 16.1. The Labute approximate surface area is 121 Å². The van der Waals surface area contributed by atoms with Gasteiger partial charge in [0.05, 0.1) is 0 Å². The summed E-state index contributed by atoms with van der Waals surface area (Å²) < 4.78 is 0. The van der Waals surface area contributed by atoms with Crippen LogP contribution in [0.2, 0.25) is 0 Å². The number of allylic oxidation sites excluding steroid dienone is 1. The SMILES string of the molecule is C=CC(C)C(CC(=O)c1ccccc1)c1ccccc1. The highest BCUT2D eigenvalue weighted by molar-refractivity contribution is 5.96. The molecule has 0 spiro atoms. The van der Waals surface area contributed by atoms with E-state index in [9.17, 15) is 4.79 Å². The maximum Gasteiger partial charge on any atom is 0.163 e. The average Bonchev–Trinajstić information content (AvgIpc) is 2.53. The lowest BCUT2D eigenvalue weighted by Crippen LogP contribution is -2.13. The minimum absolute atomic E-state index is 0.182. The van der Waals surface area contributed by atoms with Gasteiger partial charge in [-0.25, -0.2) is 0 Å². The summed E-state index contributed by atoms with van der Waals surface area (Å²) in [4.78, 5) is 12.4. The lowest BCUT2D eigenvalue weighted by atomic mass is 9.82. The largest absolute Gasteiger partial charge is 0.294 e. The first-order valence-corrected chi connectivity index (χ1v) is 6.98. The first-order chi connectivity index (χ1) is 9.72. The molecule has 0 fully saturated rings. The van der Waals surface area contributed by atoms with Crippen LogP contribution >= 0.6 is 0 Å². The fourth-order valence-electron chi connectivity index (χ4n) is 2.41. The maximum atomic E-state index is 12.4. The number of ketones is 1. The van der Waals surface area contributed by atoms with Crippen LogP contribution in [-0.2, 0) is 0 Å². The second-order valence-electron chi connectivity index (χ2n) is 5.11. The molecule has 0 aromatic heterocycles. The summed E-state index contributed by atoms with van der Waals surface area (Å²) in [7, 11) is 0. The summed E-state index contributed by atoms with van der Waals surface area (Å²) in [6.07, 6.45) is 2.44. The van der Waals surface area contributed by atoms with Crippen LogP contribution < -0.4 is 0 Å². The van der Waals surface area contributed by atoms with Crippen molar-refractivity contribution in [1.29, 1.82) is 0 Å². The van der Waals surface area contributed by atoms with Gasteiger partial charge in [0, 0.05) is 12.0 Å². The third kappa shape index (κ3) is 3.45. The quantitative estimate of drug-likeness (QED) is 0.537. The molecule has 0 bridgehead atoms. The third-order valence-corrected chi connectivity index (χ3v) is 3.74. The van der Waals surface area contributed by atoms with E-state index in [1.54, 1.807) is 0 Å². The number of carbonyl (C=O) groups is 1. The Balaban J connectivity index is 2.21. The van der Waals surface area contributed by atoms with Crippen molar-refractivity contribution in [3.8, 4) is 0 Å². The molecule has 0 aliphatic heterocycles. The third-order valence-electron chi connectivity index (χ3n) is 3.74. The first-order valence-electron chi connectivity index (χ1n) is 6.98. The topological polar surface area (TPSA) is 17.1 Å². The zero-order chi connectivity index (χ0) is 14.4. The molecule has 1 nitrogen and oxygen atoms in total. The van der Waals surface area contributed by atoms with Crippen molar-refractivity contribution in [3.05, 3.63) is 84.4 Å². The predicted molar refractivity (Wildman–Crippen MR) is 83.9 cm³/mol. The highest BCUT2D eigenvalue weighted by Crippen LogP contribution is 2.30. The molecule has 0 aliphatic rings. The van der Waals surface area contributed by atoms with Crippen LogP contribution in [0.3, 0.4) is 0 Å². The molecular weight excluding hydrogens is 244 g/mol. The second kappa shape index (κ2) is 6.85. The molecule has 0 amide bonds. The van der Waals surface area contributed by atoms with E-state index in [1.165, 1.54) is 5.56 Å². The Hall–Kier alpha value is -2.15. The van der Waals surface area contributed by atoms with E-state index in [1.807, 2.05) is 54.6 Å². The molecule has 0 radical (unpaired) electrons. The molecule has 102 valence electrons. The molecule has 1 heteroatoms. The number of hydrogen-bond donors (Lipinski definition) is 0. The van der Waals surface area contributed by atoms with E-state index >= 15 is 0 Å². The van der Waals surface area contributed by atoms with Gasteiger partial charge in [0.15, 0.2) is 5.78 Å². The second-order valence-corrected chi connectivity index (χ2v) is 5.11. The number of carbonyl (C=O) groups excluding carboxylic acids is 1. The molecule has 0 saturated heterocycles. The van der Waals surface area contributed by atoms with Crippen LogP contribution in [0.4, 0.5) is 0 Å². The maximum absolute atomic E-state index is 12.4. The van der Waals surface area contributed by atoms with Crippen molar-refractivity contribution in [2.24, 2.45) is 5.92 Å². The number of Topliss-reactive ketones (excluding diaryl/α,β-unsaturated/α-hetero) is 1. The van der Waals surface area contributed by atoms with Crippen LogP contribution in [0.15, 0.2) is 73.3 Å². The van der Waals surface area contributed by atoms with Crippen LogP contribution in [-0.4, -0.2) is 5.78 Å².